The van der Waals surface area contributed by atoms with Crippen molar-refractivity contribution in [2.24, 2.45) is 11.7 Å². The van der Waals surface area contributed by atoms with Crippen molar-refractivity contribution in [3.63, 3.8) is 0 Å². The highest BCUT2D eigenvalue weighted by atomic mass is 16.5. The summed E-state index contributed by atoms with van der Waals surface area (Å²) in [7, 11) is 1.60. The maximum Gasteiger partial charge on any atom is 0.170 e. The van der Waals surface area contributed by atoms with Crippen molar-refractivity contribution in [1.82, 2.24) is 0 Å². The summed E-state index contributed by atoms with van der Waals surface area (Å²) < 4.78 is 5.33. The minimum absolute atomic E-state index is 0.0761. The van der Waals surface area contributed by atoms with Crippen LogP contribution in [0.15, 0.2) is 18.2 Å². The summed E-state index contributed by atoms with van der Waals surface area (Å²) in [5, 5.41) is 0. The SMILES string of the molecule is CCC(CN)C(=O)c1ccc(C(C)C)cc1OC. The van der Waals surface area contributed by atoms with Crippen LogP contribution in [0, 0.1) is 5.92 Å². The smallest absolute Gasteiger partial charge is 0.170 e. The van der Waals surface area contributed by atoms with Gasteiger partial charge < -0.3 is 10.5 Å². The molecule has 0 aliphatic heterocycles. The molecule has 0 saturated heterocycles. The van der Waals surface area contributed by atoms with Crippen molar-refractivity contribution >= 4 is 5.78 Å². The molecule has 0 aliphatic carbocycles. The minimum atomic E-state index is -0.121. The predicted molar refractivity (Wildman–Crippen MR) is 74.2 cm³/mol. The van der Waals surface area contributed by atoms with Crippen molar-refractivity contribution in [3.05, 3.63) is 29.3 Å². The first-order valence-corrected chi connectivity index (χ1v) is 6.47. The van der Waals surface area contributed by atoms with Gasteiger partial charge >= 0.3 is 0 Å². The fourth-order valence-corrected chi connectivity index (χ4v) is 1.95. The van der Waals surface area contributed by atoms with E-state index >= 15 is 0 Å². The van der Waals surface area contributed by atoms with E-state index in [0.29, 0.717) is 23.8 Å². The van der Waals surface area contributed by atoms with E-state index in [2.05, 4.69) is 13.8 Å². The maximum atomic E-state index is 12.3. The summed E-state index contributed by atoms with van der Waals surface area (Å²) in [6.45, 7) is 6.59. The van der Waals surface area contributed by atoms with Crippen LogP contribution < -0.4 is 10.5 Å². The topological polar surface area (TPSA) is 52.3 Å². The molecule has 0 spiro atoms. The molecule has 0 aromatic heterocycles. The number of Topliss-reactive ketones (excluding diaryl/α,β-unsaturated/α-hetero) is 1. The Kier molecular flexibility index (Phi) is 5.35. The number of methoxy groups -OCH3 is 1. The lowest BCUT2D eigenvalue weighted by Gasteiger charge is -2.15. The molecule has 1 atom stereocenters. The van der Waals surface area contributed by atoms with Gasteiger partial charge in [-0.2, -0.15) is 0 Å². The van der Waals surface area contributed by atoms with Crippen LogP contribution in [-0.2, 0) is 0 Å². The molecule has 0 amide bonds. The molecule has 0 bridgehead atoms. The van der Waals surface area contributed by atoms with E-state index in [-0.39, 0.29) is 11.7 Å². The predicted octanol–water partition coefficient (Wildman–Crippen LogP) is 2.99. The molecule has 0 radical (unpaired) electrons. The molecule has 0 heterocycles. The minimum Gasteiger partial charge on any atom is -0.496 e. The Morgan fingerprint density at radius 3 is 2.50 bits per heavy atom. The molecule has 0 fully saturated rings. The van der Waals surface area contributed by atoms with Gasteiger partial charge in [-0.1, -0.05) is 26.8 Å². The van der Waals surface area contributed by atoms with Crippen LogP contribution in [0.5, 0.6) is 5.75 Å². The molecule has 100 valence electrons. The summed E-state index contributed by atoms with van der Waals surface area (Å²) in [5.74, 6) is 1.02. The molecule has 3 nitrogen and oxygen atoms in total. The molecule has 18 heavy (non-hydrogen) atoms. The van der Waals surface area contributed by atoms with Gasteiger partial charge in [0.2, 0.25) is 0 Å². The van der Waals surface area contributed by atoms with Crippen molar-refractivity contribution in [3.8, 4) is 5.75 Å². The monoisotopic (exact) mass is 249 g/mol. The number of hydrogen-bond donors (Lipinski definition) is 1. The van der Waals surface area contributed by atoms with E-state index < -0.39 is 0 Å². The molecular formula is C15H23NO2. The first-order valence-electron chi connectivity index (χ1n) is 6.47. The number of ether oxygens (including phenoxy) is 1. The molecule has 0 aliphatic rings. The van der Waals surface area contributed by atoms with E-state index in [1.54, 1.807) is 7.11 Å². The fourth-order valence-electron chi connectivity index (χ4n) is 1.95. The van der Waals surface area contributed by atoms with Crippen molar-refractivity contribution in [1.29, 1.82) is 0 Å². The zero-order valence-corrected chi connectivity index (χ0v) is 11.7. The summed E-state index contributed by atoms with van der Waals surface area (Å²) in [4.78, 5) is 12.3. The van der Waals surface area contributed by atoms with E-state index in [1.165, 1.54) is 5.56 Å². The van der Waals surface area contributed by atoms with Gasteiger partial charge in [0.1, 0.15) is 5.75 Å². The lowest BCUT2D eigenvalue weighted by molar-refractivity contribution is 0.0918. The number of carbonyl (C=O) groups is 1. The Hall–Kier alpha value is -1.35. The zero-order chi connectivity index (χ0) is 13.7. The Labute approximate surface area is 109 Å². The van der Waals surface area contributed by atoms with Crippen LogP contribution in [0.1, 0.15) is 49.0 Å². The van der Waals surface area contributed by atoms with E-state index in [4.69, 9.17) is 10.5 Å². The Balaban J connectivity index is 3.12. The number of ketones is 1. The van der Waals surface area contributed by atoms with Gasteiger partial charge in [-0.15, -0.1) is 0 Å². The third-order valence-corrected chi connectivity index (χ3v) is 3.31. The molecule has 1 aromatic carbocycles. The van der Waals surface area contributed by atoms with Crippen molar-refractivity contribution < 1.29 is 9.53 Å². The molecule has 2 N–H and O–H groups in total. The Morgan fingerprint density at radius 1 is 1.39 bits per heavy atom. The highest BCUT2D eigenvalue weighted by Gasteiger charge is 2.20. The summed E-state index contributed by atoms with van der Waals surface area (Å²) in [6, 6.07) is 5.79. The number of hydrogen-bond acceptors (Lipinski definition) is 3. The van der Waals surface area contributed by atoms with Gasteiger partial charge in [0.25, 0.3) is 0 Å². The van der Waals surface area contributed by atoms with Gasteiger partial charge in [-0.3, -0.25) is 4.79 Å². The average Bonchev–Trinajstić information content (AvgIpc) is 2.39. The standard InChI is InChI=1S/C15H23NO2/c1-5-11(9-16)15(17)13-7-6-12(10(2)3)8-14(13)18-4/h6-8,10-11H,5,9,16H2,1-4H3. The maximum absolute atomic E-state index is 12.3. The first kappa shape index (κ1) is 14.7. The van der Waals surface area contributed by atoms with Gasteiger partial charge in [-0.05, 0) is 30.0 Å². The lowest BCUT2D eigenvalue weighted by atomic mass is 9.92. The summed E-state index contributed by atoms with van der Waals surface area (Å²) in [6.07, 6.45) is 0.754. The summed E-state index contributed by atoms with van der Waals surface area (Å²) >= 11 is 0. The van der Waals surface area contributed by atoms with Gasteiger partial charge in [-0.25, -0.2) is 0 Å². The third-order valence-electron chi connectivity index (χ3n) is 3.31. The zero-order valence-electron chi connectivity index (χ0n) is 11.7. The molecule has 1 rings (SSSR count). The molecule has 1 unspecified atom stereocenters. The molecule has 0 saturated carbocycles. The molecule has 3 heteroatoms. The van der Waals surface area contributed by atoms with E-state index in [1.807, 2.05) is 25.1 Å². The fraction of sp³-hybridized carbons (Fsp3) is 0.533. The van der Waals surface area contributed by atoms with Crippen LogP contribution in [0.3, 0.4) is 0 Å². The molecular weight excluding hydrogens is 226 g/mol. The number of nitrogens with two attached hydrogens (primary N) is 1. The number of rotatable bonds is 6. The largest absolute Gasteiger partial charge is 0.496 e. The summed E-state index contributed by atoms with van der Waals surface area (Å²) in [5.41, 5.74) is 7.44. The Bertz CT molecular complexity index is 409. The molecule has 1 aromatic rings. The number of benzene rings is 1. The van der Waals surface area contributed by atoms with Crippen LogP contribution in [0.2, 0.25) is 0 Å². The second-order valence-corrected chi connectivity index (χ2v) is 4.82. The van der Waals surface area contributed by atoms with Gasteiger partial charge in [0.15, 0.2) is 5.78 Å². The normalized spacial score (nSPS) is 12.6. The van der Waals surface area contributed by atoms with Crippen LogP contribution in [0.25, 0.3) is 0 Å². The highest BCUT2D eigenvalue weighted by molar-refractivity contribution is 6.00. The first-order chi connectivity index (χ1) is 8.54. The van der Waals surface area contributed by atoms with Crippen LogP contribution >= 0.6 is 0 Å². The van der Waals surface area contributed by atoms with Crippen LogP contribution in [-0.4, -0.2) is 19.4 Å². The van der Waals surface area contributed by atoms with Crippen molar-refractivity contribution in [2.45, 2.75) is 33.1 Å². The average molecular weight is 249 g/mol. The van der Waals surface area contributed by atoms with Crippen molar-refractivity contribution in [2.75, 3.05) is 13.7 Å². The van der Waals surface area contributed by atoms with Crippen LogP contribution in [0.4, 0.5) is 0 Å². The lowest BCUT2D eigenvalue weighted by Crippen LogP contribution is -2.23. The van der Waals surface area contributed by atoms with E-state index in [0.717, 1.165) is 6.42 Å². The van der Waals surface area contributed by atoms with E-state index in [9.17, 15) is 4.79 Å². The third kappa shape index (κ3) is 3.10. The van der Waals surface area contributed by atoms with Gasteiger partial charge in [0.05, 0.1) is 12.7 Å². The highest BCUT2D eigenvalue weighted by Crippen LogP contribution is 2.27. The quantitative estimate of drug-likeness (QED) is 0.788. The Morgan fingerprint density at radius 2 is 2.06 bits per heavy atom. The second-order valence-electron chi connectivity index (χ2n) is 4.82. The second kappa shape index (κ2) is 6.55. The van der Waals surface area contributed by atoms with Gasteiger partial charge in [0, 0.05) is 12.5 Å². The number of carbonyl (C=O) groups excluding carboxylic acids is 1.